The molecule has 1 aromatic carbocycles. The molecule has 1 aliphatic rings. The Morgan fingerprint density at radius 3 is 2.50 bits per heavy atom. The van der Waals surface area contributed by atoms with E-state index in [2.05, 4.69) is 42.2 Å². The Kier molecular flexibility index (Phi) is 3.62. The van der Waals surface area contributed by atoms with Crippen LogP contribution in [0.4, 0.5) is 5.69 Å². The van der Waals surface area contributed by atoms with Crippen molar-refractivity contribution >= 4 is 5.69 Å². The van der Waals surface area contributed by atoms with Crippen LogP contribution in [0.25, 0.3) is 0 Å². The molecular weight excluding hydrogens is 196 g/mol. The largest absolute Gasteiger partial charge is 0.367 e. The zero-order chi connectivity index (χ0) is 11.4. The fraction of sp³-hybridized carbons (Fsp3) is 0.429. The molecule has 0 bridgehead atoms. The van der Waals surface area contributed by atoms with Crippen LogP contribution in [0.2, 0.25) is 0 Å². The predicted octanol–water partition coefficient (Wildman–Crippen LogP) is 2.34. The highest BCUT2D eigenvalue weighted by atomic mass is 15.1. The SMILES string of the molecule is CCc1ccc(N2CC=C(CN)CC2)cc1. The highest BCUT2D eigenvalue weighted by molar-refractivity contribution is 5.49. The first-order chi connectivity index (χ1) is 7.83. The number of nitrogens with zero attached hydrogens (tertiary/aromatic N) is 1. The Labute approximate surface area is 97.8 Å². The molecular formula is C14H20N2. The molecule has 2 rings (SSSR count). The lowest BCUT2D eigenvalue weighted by Crippen LogP contribution is -2.29. The average molecular weight is 216 g/mol. The van der Waals surface area contributed by atoms with Gasteiger partial charge in [-0.2, -0.15) is 0 Å². The highest BCUT2D eigenvalue weighted by Gasteiger charge is 2.10. The van der Waals surface area contributed by atoms with Crippen molar-refractivity contribution in [1.29, 1.82) is 0 Å². The second-order valence-corrected chi connectivity index (χ2v) is 4.28. The summed E-state index contributed by atoms with van der Waals surface area (Å²) in [6.07, 6.45) is 4.47. The van der Waals surface area contributed by atoms with E-state index in [9.17, 15) is 0 Å². The Bertz CT molecular complexity index is 365. The van der Waals surface area contributed by atoms with Gasteiger partial charge in [0, 0.05) is 25.3 Å². The second-order valence-electron chi connectivity index (χ2n) is 4.28. The van der Waals surface area contributed by atoms with Gasteiger partial charge in [0.15, 0.2) is 0 Å². The molecule has 0 amide bonds. The summed E-state index contributed by atoms with van der Waals surface area (Å²) in [6, 6.07) is 8.88. The van der Waals surface area contributed by atoms with Crippen LogP contribution in [0.1, 0.15) is 18.9 Å². The van der Waals surface area contributed by atoms with Crippen LogP contribution in [0.3, 0.4) is 0 Å². The normalized spacial score (nSPS) is 16.1. The summed E-state index contributed by atoms with van der Waals surface area (Å²) < 4.78 is 0. The van der Waals surface area contributed by atoms with Gasteiger partial charge in [0.25, 0.3) is 0 Å². The molecule has 1 heterocycles. The Hall–Kier alpha value is -1.28. The molecule has 2 N–H and O–H groups in total. The maximum atomic E-state index is 5.64. The molecule has 2 nitrogen and oxygen atoms in total. The third-order valence-electron chi connectivity index (χ3n) is 3.28. The molecule has 16 heavy (non-hydrogen) atoms. The number of aryl methyl sites for hydroxylation is 1. The van der Waals surface area contributed by atoms with E-state index in [0.717, 1.165) is 25.9 Å². The Morgan fingerprint density at radius 1 is 1.25 bits per heavy atom. The standard InChI is InChI=1S/C14H20N2/c1-2-12-3-5-14(6-4-12)16-9-7-13(11-15)8-10-16/h3-7H,2,8-11,15H2,1H3. The van der Waals surface area contributed by atoms with E-state index in [1.165, 1.54) is 16.8 Å². The van der Waals surface area contributed by atoms with E-state index in [1.54, 1.807) is 0 Å². The molecule has 0 spiro atoms. The molecule has 0 fully saturated rings. The lowest BCUT2D eigenvalue weighted by Gasteiger charge is -2.28. The maximum absolute atomic E-state index is 5.64. The molecule has 0 aliphatic carbocycles. The molecule has 2 heteroatoms. The topological polar surface area (TPSA) is 29.3 Å². The first-order valence-electron chi connectivity index (χ1n) is 6.05. The number of anilines is 1. The van der Waals surface area contributed by atoms with Gasteiger partial charge in [-0.15, -0.1) is 0 Å². The van der Waals surface area contributed by atoms with Gasteiger partial charge < -0.3 is 10.6 Å². The van der Waals surface area contributed by atoms with Crippen LogP contribution >= 0.6 is 0 Å². The van der Waals surface area contributed by atoms with Gasteiger partial charge in [-0.1, -0.05) is 30.7 Å². The van der Waals surface area contributed by atoms with Crippen LogP contribution in [-0.4, -0.2) is 19.6 Å². The summed E-state index contributed by atoms with van der Waals surface area (Å²) >= 11 is 0. The fourth-order valence-electron chi connectivity index (χ4n) is 2.07. The Morgan fingerprint density at radius 2 is 2.00 bits per heavy atom. The Balaban J connectivity index is 2.05. The smallest absolute Gasteiger partial charge is 0.0369 e. The summed E-state index contributed by atoms with van der Waals surface area (Å²) in [5.41, 5.74) is 9.75. The summed E-state index contributed by atoms with van der Waals surface area (Å²) in [6.45, 7) is 4.99. The predicted molar refractivity (Wildman–Crippen MR) is 69.8 cm³/mol. The highest BCUT2D eigenvalue weighted by Crippen LogP contribution is 2.19. The molecule has 86 valence electrons. The summed E-state index contributed by atoms with van der Waals surface area (Å²) in [7, 11) is 0. The number of hydrogen-bond acceptors (Lipinski definition) is 2. The van der Waals surface area contributed by atoms with Crippen molar-refractivity contribution in [3.05, 3.63) is 41.5 Å². The first-order valence-corrected chi connectivity index (χ1v) is 6.05. The maximum Gasteiger partial charge on any atom is 0.0369 e. The van der Waals surface area contributed by atoms with Crippen molar-refractivity contribution in [2.45, 2.75) is 19.8 Å². The third kappa shape index (κ3) is 2.45. The minimum absolute atomic E-state index is 0.711. The van der Waals surface area contributed by atoms with Gasteiger partial charge in [0.1, 0.15) is 0 Å². The van der Waals surface area contributed by atoms with E-state index in [-0.39, 0.29) is 0 Å². The lowest BCUT2D eigenvalue weighted by molar-refractivity contribution is 0.772. The van der Waals surface area contributed by atoms with E-state index in [4.69, 9.17) is 5.73 Å². The van der Waals surface area contributed by atoms with Crippen LogP contribution in [0.5, 0.6) is 0 Å². The van der Waals surface area contributed by atoms with Gasteiger partial charge in [-0.25, -0.2) is 0 Å². The zero-order valence-corrected chi connectivity index (χ0v) is 9.95. The summed E-state index contributed by atoms with van der Waals surface area (Å²) in [5, 5.41) is 0. The molecule has 0 saturated heterocycles. The zero-order valence-electron chi connectivity index (χ0n) is 9.95. The van der Waals surface area contributed by atoms with Gasteiger partial charge in [0.05, 0.1) is 0 Å². The minimum atomic E-state index is 0.711. The quantitative estimate of drug-likeness (QED) is 0.786. The van der Waals surface area contributed by atoms with Gasteiger partial charge in [-0.3, -0.25) is 0 Å². The number of benzene rings is 1. The molecule has 1 aliphatic heterocycles. The molecule has 0 aromatic heterocycles. The monoisotopic (exact) mass is 216 g/mol. The van der Waals surface area contributed by atoms with Gasteiger partial charge >= 0.3 is 0 Å². The number of hydrogen-bond donors (Lipinski definition) is 1. The van der Waals surface area contributed by atoms with E-state index in [0.29, 0.717) is 6.54 Å². The van der Waals surface area contributed by atoms with Crippen molar-refractivity contribution in [3.8, 4) is 0 Å². The van der Waals surface area contributed by atoms with Gasteiger partial charge in [0.2, 0.25) is 0 Å². The molecule has 0 unspecified atom stereocenters. The second kappa shape index (κ2) is 5.17. The average Bonchev–Trinajstić information content (AvgIpc) is 2.39. The third-order valence-corrected chi connectivity index (χ3v) is 3.28. The van der Waals surface area contributed by atoms with Crippen molar-refractivity contribution in [1.82, 2.24) is 0 Å². The van der Waals surface area contributed by atoms with Crippen LogP contribution in [-0.2, 0) is 6.42 Å². The van der Waals surface area contributed by atoms with Crippen molar-refractivity contribution in [2.75, 3.05) is 24.5 Å². The van der Waals surface area contributed by atoms with E-state index >= 15 is 0 Å². The molecule has 1 aromatic rings. The van der Waals surface area contributed by atoms with Crippen LogP contribution in [0, 0.1) is 0 Å². The fourth-order valence-corrected chi connectivity index (χ4v) is 2.07. The van der Waals surface area contributed by atoms with Crippen molar-refractivity contribution in [3.63, 3.8) is 0 Å². The minimum Gasteiger partial charge on any atom is -0.367 e. The van der Waals surface area contributed by atoms with Crippen molar-refractivity contribution < 1.29 is 0 Å². The van der Waals surface area contributed by atoms with Crippen molar-refractivity contribution in [2.24, 2.45) is 5.73 Å². The molecule has 0 saturated carbocycles. The lowest BCUT2D eigenvalue weighted by atomic mass is 10.1. The summed E-state index contributed by atoms with van der Waals surface area (Å²) in [5.74, 6) is 0. The van der Waals surface area contributed by atoms with E-state index < -0.39 is 0 Å². The number of rotatable bonds is 3. The van der Waals surface area contributed by atoms with Crippen LogP contribution in [0.15, 0.2) is 35.9 Å². The first kappa shape index (κ1) is 11.2. The van der Waals surface area contributed by atoms with E-state index in [1.807, 2.05) is 0 Å². The molecule has 0 radical (unpaired) electrons. The van der Waals surface area contributed by atoms with Crippen LogP contribution < -0.4 is 10.6 Å². The summed E-state index contributed by atoms with van der Waals surface area (Å²) in [4.78, 5) is 2.40. The molecule has 0 atom stereocenters. The van der Waals surface area contributed by atoms with Gasteiger partial charge in [-0.05, 0) is 30.5 Å². The number of nitrogens with two attached hydrogens (primary N) is 1.